The molecule has 1 aliphatic rings. The van der Waals surface area contributed by atoms with Crippen molar-refractivity contribution in [2.75, 3.05) is 6.61 Å². The zero-order valence-corrected chi connectivity index (χ0v) is 10.4. The van der Waals surface area contributed by atoms with E-state index in [1.807, 2.05) is 18.2 Å². The maximum atomic E-state index is 11.5. The number of aryl methyl sites for hydroxylation is 1. The van der Waals surface area contributed by atoms with Gasteiger partial charge in [0.15, 0.2) is 5.60 Å². The Bertz CT molecular complexity index is 453. The van der Waals surface area contributed by atoms with E-state index in [4.69, 9.17) is 4.74 Å². The minimum absolute atomic E-state index is 0.415. The molecule has 0 radical (unpaired) electrons. The average molecular weight is 246 g/mol. The third-order valence-electron chi connectivity index (χ3n) is 3.48. The highest BCUT2D eigenvalue weighted by molar-refractivity contribution is 5.78. The summed E-state index contributed by atoms with van der Waals surface area (Å²) in [5.41, 5.74) is 1.27. The highest BCUT2D eigenvalue weighted by Crippen LogP contribution is 2.32. The minimum atomic E-state index is -1.06. The molecule has 18 heavy (non-hydrogen) atoms. The third-order valence-corrected chi connectivity index (χ3v) is 3.48. The van der Waals surface area contributed by atoms with Crippen molar-refractivity contribution in [1.82, 2.24) is 0 Å². The molecule has 0 fully saturated rings. The largest absolute Gasteiger partial charge is 0.479 e. The Morgan fingerprint density at radius 1 is 1.44 bits per heavy atom. The predicted octanol–water partition coefficient (Wildman–Crippen LogP) is 2.59. The van der Waals surface area contributed by atoms with Gasteiger partial charge in [0, 0.05) is 6.42 Å². The summed E-state index contributed by atoms with van der Waals surface area (Å²) in [7, 11) is 0. The molecule has 3 nitrogen and oxygen atoms in total. The Morgan fingerprint density at radius 3 is 2.83 bits per heavy atom. The average Bonchev–Trinajstić information content (AvgIpc) is 2.38. The first-order chi connectivity index (χ1) is 8.68. The van der Waals surface area contributed by atoms with Gasteiger partial charge in [0.1, 0.15) is 0 Å². The zero-order chi connectivity index (χ0) is 13.0. The van der Waals surface area contributed by atoms with Crippen molar-refractivity contribution in [3.05, 3.63) is 48.0 Å². The van der Waals surface area contributed by atoms with Crippen LogP contribution in [0.2, 0.25) is 0 Å². The summed E-state index contributed by atoms with van der Waals surface area (Å²) >= 11 is 0. The lowest BCUT2D eigenvalue weighted by atomic mass is 9.80. The molecule has 0 saturated carbocycles. The summed E-state index contributed by atoms with van der Waals surface area (Å²) in [5.74, 6) is -0.860. The van der Waals surface area contributed by atoms with Gasteiger partial charge in [0.25, 0.3) is 0 Å². The van der Waals surface area contributed by atoms with Gasteiger partial charge in [-0.05, 0) is 30.4 Å². The van der Waals surface area contributed by atoms with Crippen LogP contribution in [0.15, 0.2) is 36.9 Å². The van der Waals surface area contributed by atoms with Gasteiger partial charge in [-0.25, -0.2) is 4.79 Å². The SMILES string of the molecule is C=CCCOC1(C(=O)O)CCc2ccccc2C1. The fraction of sp³-hybridized carbons (Fsp3) is 0.400. The van der Waals surface area contributed by atoms with E-state index in [0.717, 1.165) is 12.0 Å². The molecule has 1 aliphatic carbocycles. The molecule has 0 aliphatic heterocycles. The number of ether oxygens (including phenoxy) is 1. The summed E-state index contributed by atoms with van der Waals surface area (Å²) in [4.78, 5) is 11.5. The Balaban J connectivity index is 2.18. The first-order valence-corrected chi connectivity index (χ1v) is 6.23. The molecule has 0 aromatic heterocycles. The maximum absolute atomic E-state index is 11.5. The predicted molar refractivity (Wildman–Crippen MR) is 69.6 cm³/mol. The first kappa shape index (κ1) is 12.8. The van der Waals surface area contributed by atoms with Gasteiger partial charge >= 0.3 is 5.97 Å². The summed E-state index contributed by atoms with van der Waals surface area (Å²) in [5, 5.41) is 9.46. The molecule has 0 bridgehead atoms. The molecular weight excluding hydrogens is 228 g/mol. The van der Waals surface area contributed by atoms with Gasteiger partial charge in [0.2, 0.25) is 0 Å². The van der Waals surface area contributed by atoms with Gasteiger partial charge < -0.3 is 9.84 Å². The Morgan fingerprint density at radius 2 is 2.17 bits per heavy atom. The molecule has 0 heterocycles. The van der Waals surface area contributed by atoms with Crippen molar-refractivity contribution >= 4 is 5.97 Å². The molecule has 0 amide bonds. The molecule has 1 aromatic rings. The van der Waals surface area contributed by atoms with Crippen LogP contribution in [0.5, 0.6) is 0 Å². The molecule has 1 unspecified atom stereocenters. The Hall–Kier alpha value is -1.61. The molecule has 96 valence electrons. The highest BCUT2D eigenvalue weighted by Gasteiger charge is 2.42. The summed E-state index contributed by atoms with van der Waals surface area (Å²) in [6.45, 7) is 4.03. The van der Waals surface area contributed by atoms with Gasteiger partial charge in [-0.1, -0.05) is 30.3 Å². The first-order valence-electron chi connectivity index (χ1n) is 6.23. The lowest BCUT2D eigenvalue weighted by Crippen LogP contribution is -2.46. The highest BCUT2D eigenvalue weighted by atomic mass is 16.5. The van der Waals surface area contributed by atoms with E-state index < -0.39 is 11.6 Å². The number of fused-ring (bicyclic) bond motifs is 1. The summed E-state index contributed by atoms with van der Waals surface area (Å²) in [6.07, 6.45) is 4.17. The molecule has 0 spiro atoms. The number of rotatable bonds is 5. The number of carboxylic acid groups (broad SMARTS) is 1. The number of carboxylic acids is 1. The molecule has 1 atom stereocenters. The van der Waals surface area contributed by atoms with E-state index in [1.54, 1.807) is 6.08 Å². The van der Waals surface area contributed by atoms with Gasteiger partial charge in [0.05, 0.1) is 6.61 Å². The van der Waals surface area contributed by atoms with E-state index >= 15 is 0 Å². The van der Waals surface area contributed by atoms with Crippen molar-refractivity contribution < 1.29 is 14.6 Å². The second-order valence-corrected chi connectivity index (χ2v) is 4.67. The molecule has 2 rings (SSSR count). The van der Waals surface area contributed by atoms with E-state index in [-0.39, 0.29) is 0 Å². The fourth-order valence-corrected chi connectivity index (χ4v) is 2.41. The monoisotopic (exact) mass is 246 g/mol. The van der Waals surface area contributed by atoms with Crippen molar-refractivity contribution in [2.45, 2.75) is 31.3 Å². The van der Waals surface area contributed by atoms with Crippen LogP contribution in [0, 0.1) is 0 Å². The van der Waals surface area contributed by atoms with E-state index in [0.29, 0.717) is 25.9 Å². The second-order valence-electron chi connectivity index (χ2n) is 4.67. The van der Waals surface area contributed by atoms with Crippen LogP contribution in [-0.4, -0.2) is 23.3 Å². The van der Waals surface area contributed by atoms with E-state index in [2.05, 4.69) is 12.6 Å². The van der Waals surface area contributed by atoms with Gasteiger partial charge in [-0.2, -0.15) is 0 Å². The second kappa shape index (κ2) is 5.36. The Labute approximate surface area is 107 Å². The normalized spacial score (nSPS) is 22.2. The Kier molecular flexibility index (Phi) is 3.82. The topological polar surface area (TPSA) is 46.5 Å². The van der Waals surface area contributed by atoms with E-state index in [1.165, 1.54) is 5.56 Å². The number of benzene rings is 1. The van der Waals surface area contributed by atoms with Crippen LogP contribution in [-0.2, 0) is 22.4 Å². The number of aliphatic carboxylic acids is 1. The van der Waals surface area contributed by atoms with Crippen molar-refractivity contribution in [3.8, 4) is 0 Å². The van der Waals surface area contributed by atoms with Gasteiger partial charge in [-0.15, -0.1) is 6.58 Å². The minimum Gasteiger partial charge on any atom is -0.479 e. The lowest BCUT2D eigenvalue weighted by Gasteiger charge is -2.34. The quantitative estimate of drug-likeness (QED) is 0.641. The molecule has 1 aromatic carbocycles. The zero-order valence-electron chi connectivity index (χ0n) is 10.4. The third kappa shape index (κ3) is 2.46. The molecular formula is C15H18O3. The fourth-order valence-electron chi connectivity index (χ4n) is 2.41. The molecule has 1 N–H and O–H groups in total. The van der Waals surface area contributed by atoms with Crippen LogP contribution in [0.25, 0.3) is 0 Å². The van der Waals surface area contributed by atoms with Crippen LogP contribution >= 0.6 is 0 Å². The number of hydrogen-bond acceptors (Lipinski definition) is 2. The van der Waals surface area contributed by atoms with Crippen LogP contribution < -0.4 is 0 Å². The van der Waals surface area contributed by atoms with E-state index in [9.17, 15) is 9.90 Å². The molecule has 3 heteroatoms. The number of carbonyl (C=O) groups is 1. The van der Waals surface area contributed by atoms with Gasteiger partial charge in [-0.3, -0.25) is 0 Å². The number of hydrogen-bond donors (Lipinski definition) is 1. The standard InChI is InChI=1S/C15H18O3/c1-2-3-10-18-15(14(16)17)9-8-12-6-4-5-7-13(12)11-15/h2,4-7H,1,3,8-11H2,(H,16,17). The van der Waals surface area contributed by atoms with Crippen molar-refractivity contribution in [2.24, 2.45) is 0 Å². The summed E-state index contributed by atoms with van der Waals surface area (Å²) < 4.78 is 5.66. The van der Waals surface area contributed by atoms with Crippen LogP contribution in [0.3, 0.4) is 0 Å². The lowest BCUT2D eigenvalue weighted by molar-refractivity contribution is -0.167. The van der Waals surface area contributed by atoms with Crippen LogP contribution in [0.4, 0.5) is 0 Å². The molecule has 0 saturated heterocycles. The smallest absolute Gasteiger partial charge is 0.336 e. The van der Waals surface area contributed by atoms with Crippen molar-refractivity contribution in [3.63, 3.8) is 0 Å². The maximum Gasteiger partial charge on any atom is 0.336 e. The van der Waals surface area contributed by atoms with Crippen LogP contribution in [0.1, 0.15) is 24.0 Å². The van der Waals surface area contributed by atoms with Crippen molar-refractivity contribution in [1.29, 1.82) is 0 Å². The summed E-state index contributed by atoms with van der Waals surface area (Å²) in [6, 6.07) is 7.99.